The molecule has 3 aliphatic rings. The summed E-state index contributed by atoms with van der Waals surface area (Å²) < 4.78 is 5.36. The highest BCUT2D eigenvalue weighted by Gasteiger charge is 2.64. The van der Waals surface area contributed by atoms with E-state index in [-0.39, 0.29) is 22.9 Å². The van der Waals surface area contributed by atoms with Gasteiger partial charge in [-0.2, -0.15) is 0 Å². The van der Waals surface area contributed by atoms with Crippen LogP contribution in [0.5, 0.6) is 5.75 Å². The van der Waals surface area contributed by atoms with Gasteiger partial charge in [0.15, 0.2) is 5.78 Å². The number of anilines is 1. The van der Waals surface area contributed by atoms with E-state index in [1.54, 1.807) is 35.4 Å². The average Bonchev–Trinajstić information content (AvgIpc) is 3.40. The van der Waals surface area contributed by atoms with Gasteiger partial charge in [-0.25, -0.2) is 4.90 Å². The van der Waals surface area contributed by atoms with E-state index in [0.717, 1.165) is 22.1 Å². The van der Waals surface area contributed by atoms with E-state index in [9.17, 15) is 24.5 Å². The lowest BCUT2D eigenvalue weighted by Gasteiger charge is -2.35. The molecule has 10 heteroatoms. The number of methoxy groups -OCH3 is 1. The number of nitro benzene ring substituents is 1. The number of halogens is 1. The van der Waals surface area contributed by atoms with Crippen molar-refractivity contribution in [3.8, 4) is 5.75 Å². The first-order valence-electron chi connectivity index (χ1n) is 11.9. The Balaban J connectivity index is 1.51. The van der Waals surface area contributed by atoms with Gasteiger partial charge in [0.25, 0.3) is 5.69 Å². The molecule has 3 aliphatic heterocycles. The third-order valence-electron chi connectivity index (χ3n) is 7.47. The maximum absolute atomic E-state index is 14.1. The second-order valence-corrected chi connectivity index (χ2v) is 9.77. The van der Waals surface area contributed by atoms with E-state index in [0.29, 0.717) is 10.6 Å². The molecule has 2 amide bonds. The zero-order valence-electron chi connectivity index (χ0n) is 20.0. The van der Waals surface area contributed by atoms with Gasteiger partial charge in [-0.3, -0.25) is 24.5 Å². The number of nitrogens with zero attached hydrogens (tertiary/aromatic N) is 3. The van der Waals surface area contributed by atoms with Gasteiger partial charge >= 0.3 is 0 Å². The van der Waals surface area contributed by atoms with Crippen LogP contribution in [0.3, 0.4) is 0 Å². The molecule has 2 fully saturated rings. The molecule has 190 valence electrons. The van der Waals surface area contributed by atoms with Crippen molar-refractivity contribution >= 4 is 46.6 Å². The number of hydrogen-bond donors (Lipinski definition) is 0. The van der Waals surface area contributed by atoms with Crippen LogP contribution in [0.15, 0.2) is 72.9 Å². The molecule has 0 spiro atoms. The number of nitro groups is 1. The fourth-order valence-corrected chi connectivity index (χ4v) is 5.97. The molecular formula is C28H20ClN3O6. The number of fused-ring (bicyclic) bond motifs is 5. The molecule has 3 aromatic rings. The van der Waals surface area contributed by atoms with Gasteiger partial charge in [-0.1, -0.05) is 35.9 Å². The molecule has 2 saturated heterocycles. The largest absolute Gasteiger partial charge is 0.495 e. The molecule has 0 aromatic heterocycles. The predicted molar refractivity (Wildman–Crippen MR) is 139 cm³/mol. The molecule has 3 heterocycles. The first kappa shape index (κ1) is 23.9. The number of ether oxygens (including phenoxy) is 1. The monoisotopic (exact) mass is 529 g/mol. The third kappa shape index (κ3) is 3.42. The minimum Gasteiger partial charge on any atom is -0.495 e. The summed E-state index contributed by atoms with van der Waals surface area (Å²) in [6.07, 6.45) is 3.63. The van der Waals surface area contributed by atoms with Crippen LogP contribution < -0.4 is 9.64 Å². The quantitative estimate of drug-likeness (QED) is 0.205. The number of benzene rings is 3. The number of carbonyl (C=O) groups excluding carboxylic acids is 3. The summed E-state index contributed by atoms with van der Waals surface area (Å²) in [5, 5.41) is 11.9. The predicted octanol–water partition coefficient (Wildman–Crippen LogP) is 4.66. The van der Waals surface area contributed by atoms with E-state index in [2.05, 4.69) is 0 Å². The standard InChI is InChI=1S/C28H20ClN3O6/c1-38-21-11-10-18(32(36)37)14-20(21)31-27(34)22-23(28(31)35)25(26(33)16-6-8-17(29)9-7-16)30-13-12-15-4-2-3-5-19(15)24(22)30/h2-14,22-25H,1H3. The summed E-state index contributed by atoms with van der Waals surface area (Å²) in [4.78, 5) is 55.7. The molecular weight excluding hydrogens is 510 g/mol. The van der Waals surface area contributed by atoms with E-state index in [1.807, 2.05) is 30.3 Å². The van der Waals surface area contributed by atoms with Gasteiger partial charge in [0.2, 0.25) is 11.8 Å². The van der Waals surface area contributed by atoms with Crippen LogP contribution in [0.4, 0.5) is 11.4 Å². The average molecular weight is 530 g/mol. The summed E-state index contributed by atoms with van der Waals surface area (Å²) in [5.74, 6) is -3.23. The summed E-state index contributed by atoms with van der Waals surface area (Å²) in [5.41, 5.74) is 1.76. The second-order valence-electron chi connectivity index (χ2n) is 9.33. The highest BCUT2D eigenvalue weighted by atomic mass is 35.5. The fourth-order valence-electron chi connectivity index (χ4n) is 5.85. The normalized spacial score (nSPS) is 23.2. The maximum Gasteiger partial charge on any atom is 0.271 e. The van der Waals surface area contributed by atoms with Crippen molar-refractivity contribution in [2.24, 2.45) is 11.8 Å². The Labute approximate surface area is 222 Å². The third-order valence-corrected chi connectivity index (χ3v) is 7.73. The zero-order valence-corrected chi connectivity index (χ0v) is 20.7. The van der Waals surface area contributed by atoms with Crippen LogP contribution >= 0.6 is 11.6 Å². The lowest BCUT2D eigenvalue weighted by Crippen LogP contribution is -2.44. The van der Waals surface area contributed by atoms with Crippen LogP contribution in [0.2, 0.25) is 5.02 Å². The Morgan fingerprint density at radius 2 is 1.71 bits per heavy atom. The molecule has 6 rings (SSSR count). The van der Waals surface area contributed by atoms with E-state index < -0.39 is 40.7 Å². The highest BCUT2D eigenvalue weighted by molar-refractivity contribution is 6.30. The molecule has 4 atom stereocenters. The number of imide groups is 1. The first-order chi connectivity index (χ1) is 18.3. The summed E-state index contributed by atoms with van der Waals surface area (Å²) in [7, 11) is 1.35. The van der Waals surface area contributed by atoms with Gasteiger partial charge < -0.3 is 9.64 Å². The molecule has 0 saturated carbocycles. The number of carbonyl (C=O) groups is 3. The molecule has 0 aliphatic carbocycles. The van der Waals surface area contributed by atoms with Crippen molar-refractivity contribution in [1.29, 1.82) is 0 Å². The lowest BCUT2D eigenvalue weighted by atomic mass is 9.83. The number of non-ortho nitro benzene ring substituents is 1. The molecule has 4 unspecified atom stereocenters. The molecule has 3 aromatic carbocycles. The number of amides is 2. The second kappa shape index (κ2) is 8.81. The Bertz CT molecular complexity index is 1550. The molecule has 38 heavy (non-hydrogen) atoms. The van der Waals surface area contributed by atoms with Gasteiger partial charge in [0.1, 0.15) is 17.5 Å². The fraction of sp³-hybridized carbons (Fsp3) is 0.179. The maximum atomic E-state index is 14.1. The van der Waals surface area contributed by atoms with Crippen LogP contribution in [-0.2, 0) is 9.59 Å². The summed E-state index contributed by atoms with van der Waals surface area (Å²) in [6, 6.07) is 16.1. The van der Waals surface area contributed by atoms with E-state index >= 15 is 0 Å². The van der Waals surface area contributed by atoms with Gasteiger partial charge in [-0.05, 0) is 47.5 Å². The van der Waals surface area contributed by atoms with Crippen LogP contribution in [0.25, 0.3) is 6.08 Å². The first-order valence-corrected chi connectivity index (χ1v) is 12.2. The minimum absolute atomic E-state index is 0.0185. The molecule has 0 bridgehead atoms. The molecule has 0 radical (unpaired) electrons. The Hall–Kier alpha value is -4.50. The van der Waals surface area contributed by atoms with Crippen LogP contribution in [0.1, 0.15) is 27.5 Å². The van der Waals surface area contributed by atoms with Gasteiger partial charge in [0, 0.05) is 28.9 Å². The SMILES string of the molecule is COc1ccc([N+](=O)[O-])cc1N1C(=O)C2C(C1=O)C1c3ccccc3C=CN1C2C(=O)c1ccc(Cl)cc1. The highest BCUT2D eigenvalue weighted by Crippen LogP contribution is 2.54. The smallest absolute Gasteiger partial charge is 0.271 e. The van der Waals surface area contributed by atoms with Crippen molar-refractivity contribution < 1.29 is 24.0 Å². The zero-order chi connectivity index (χ0) is 26.7. The van der Waals surface area contributed by atoms with Crippen LogP contribution in [-0.4, -0.2) is 40.6 Å². The van der Waals surface area contributed by atoms with E-state index in [1.165, 1.54) is 19.2 Å². The van der Waals surface area contributed by atoms with Crippen molar-refractivity contribution in [2.45, 2.75) is 12.1 Å². The minimum atomic E-state index is -1.02. The Morgan fingerprint density at radius 1 is 1.00 bits per heavy atom. The molecule has 9 nitrogen and oxygen atoms in total. The van der Waals surface area contributed by atoms with Crippen molar-refractivity contribution in [3.05, 3.63) is 105 Å². The van der Waals surface area contributed by atoms with Crippen molar-refractivity contribution in [1.82, 2.24) is 4.90 Å². The topological polar surface area (TPSA) is 110 Å². The Kier molecular flexibility index (Phi) is 5.53. The summed E-state index contributed by atoms with van der Waals surface area (Å²) in [6.45, 7) is 0. The van der Waals surface area contributed by atoms with Gasteiger partial charge in [0.05, 0.1) is 29.9 Å². The number of rotatable bonds is 5. The number of hydrogen-bond acceptors (Lipinski definition) is 7. The number of Topliss-reactive ketones (excluding diaryl/α,β-unsaturated/α-hetero) is 1. The van der Waals surface area contributed by atoms with Crippen LogP contribution in [0, 0.1) is 22.0 Å². The summed E-state index contributed by atoms with van der Waals surface area (Å²) >= 11 is 6.03. The van der Waals surface area contributed by atoms with E-state index in [4.69, 9.17) is 16.3 Å². The lowest BCUT2D eigenvalue weighted by molar-refractivity contribution is -0.384. The van der Waals surface area contributed by atoms with Gasteiger partial charge in [-0.15, -0.1) is 0 Å². The Morgan fingerprint density at radius 3 is 2.42 bits per heavy atom. The van der Waals surface area contributed by atoms with Crippen molar-refractivity contribution in [3.63, 3.8) is 0 Å². The number of ketones is 1. The molecule has 0 N–H and O–H groups in total. The van der Waals surface area contributed by atoms with Crippen molar-refractivity contribution in [2.75, 3.05) is 12.0 Å².